The van der Waals surface area contributed by atoms with E-state index in [0.717, 1.165) is 110 Å². The zero-order valence-corrected chi connectivity index (χ0v) is 25.8. The second kappa shape index (κ2) is 11.1. The van der Waals surface area contributed by atoms with E-state index < -0.39 is 0 Å². The summed E-state index contributed by atoms with van der Waals surface area (Å²) in [5.74, 6) is 2.15. The van der Waals surface area contributed by atoms with E-state index in [0.29, 0.717) is 12.2 Å². The SMILES string of the molecule is COc1cc2c(cc1-c1c(C)noc1C)[nH]c1nc(C)nc(C3=c4ccccc4=C(NC(=O)NC4CCN(C)CC4)CC3)c12. The molecule has 2 aromatic carbocycles. The number of aromatic nitrogens is 4. The smallest absolute Gasteiger partial charge is 0.319 e. The number of methoxy groups -OCH3 is 1. The number of rotatable bonds is 5. The van der Waals surface area contributed by atoms with Crippen molar-refractivity contribution in [3.05, 3.63) is 69.8 Å². The molecule has 44 heavy (non-hydrogen) atoms. The molecule has 1 aliphatic heterocycles. The van der Waals surface area contributed by atoms with Crippen LogP contribution in [-0.2, 0) is 0 Å². The molecule has 4 heterocycles. The first-order chi connectivity index (χ1) is 21.3. The molecule has 2 amide bonds. The predicted molar refractivity (Wildman–Crippen MR) is 171 cm³/mol. The van der Waals surface area contributed by atoms with Crippen LogP contribution in [0.5, 0.6) is 5.75 Å². The molecule has 0 atom stereocenters. The molecule has 0 radical (unpaired) electrons. The Morgan fingerprint density at radius 1 is 1.07 bits per heavy atom. The molecule has 10 heteroatoms. The van der Waals surface area contributed by atoms with Crippen LogP contribution in [0, 0.1) is 20.8 Å². The Morgan fingerprint density at radius 3 is 2.57 bits per heavy atom. The standard InChI is InChI=1S/C34H37N7O3/c1-18-30(19(2)44-40-18)26-16-28-25(17-29(26)43-5)31-32(35-20(3)36-33(31)38-28)24-10-11-27(23-9-7-6-8-22(23)24)39-34(42)37-21-12-14-41(4)15-13-21/h6-9,16-17,21H,10-15H2,1-5H3,(H,35,36,38)(H2,37,39,42). The van der Waals surface area contributed by atoms with Gasteiger partial charge in [0.1, 0.15) is 23.0 Å². The van der Waals surface area contributed by atoms with Gasteiger partial charge in [0.2, 0.25) is 0 Å². The van der Waals surface area contributed by atoms with Crippen molar-refractivity contribution in [1.82, 2.24) is 35.6 Å². The summed E-state index contributed by atoms with van der Waals surface area (Å²) in [5, 5.41) is 14.6. The van der Waals surface area contributed by atoms with Gasteiger partial charge >= 0.3 is 6.03 Å². The monoisotopic (exact) mass is 591 g/mol. The largest absolute Gasteiger partial charge is 0.496 e. The van der Waals surface area contributed by atoms with Crippen LogP contribution in [0.4, 0.5) is 4.79 Å². The zero-order valence-electron chi connectivity index (χ0n) is 25.8. The van der Waals surface area contributed by atoms with Gasteiger partial charge in [0.25, 0.3) is 0 Å². The Morgan fingerprint density at radius 2 is 1.84 bits per heavy atom. The average Bonchev–Trinajstić information content (AvgIpc) is 3.54. The molecular weight excluding hydrogens is 554 g/mol. The highest BCUT2D eigenvalue weighted by molar-refractivity contribution is 6.12. The number of aromatic amines is 1. The maximum absolute atomic E-state index is 13.1. The minimum atomic E-state index is -0.133. The number of benzene rings is 2. The molecule has 0 bridgehead atoms. The molecule has 7 rings (SSSR count). The van der Waals surface area contributed by atoms with Crippen LogP contribution >= 0.6 is 0 Å². The van der Waals surface area contributed by atoms with Crippen LogP contribution in [-0.4, -0.2) is 64.3 Å². The summed E-state index contributed by atoms with van der Waals surface area (Å²) >= 11 is 0. The molecule has 1 fully saturated rings. The van der Waals surface area contributed by atoms with Crippen molar-refractivity contribution in [2.24, 2.45) is 0 Å². The summed E-state index contributed by atoms with van der Waals surface area (Å²) in [6.45, 7) is 7.76. The third-order valence-electron chi connectivity index (χ3n) is 8.99. The fourth-order valence-corrected chi connectivity index (χ4v) is 6.80. The maximum Gasteiger partial charge on any atom is 0.319 e. The maximum atomic E-state index is 13.1. The number of likely N-dealkylation sites (tertiary alicyclic amines) is 1. The average molecular weight is 592 g/mol. The molecule has 1 saturated heterocycles. The van der Waals surface area contributed by atoms with Gasteiger partial charge in [-0.3, -0.25) is 0 Å². The van der Waals surface area contributed by atoms with E-state index >= 15 is 0 Å². The number of piperidine rings is 1. The lowest BCUT2D eigenvalue weighted by atomic mass is 9.92. The van der Waals surface area contributed by atoms with E-state index in [1.165, 1.54) is 0 Å². The van der Waals surface area contributed by atoms with Crippen molar-refractivity contribution >= 4 is 39.2 Å². The highest BCUT2D eigenvalue weighted by atomic mass is 16.5. The Balaban J connectivity index is 1.36. The number of aryl methyl sites for hydroxylation is 3. The normalized spacial score (nSPS) is 16.0. The first kappa shape index (κ1) is 28.1. The molecule has 0 unspecified atom stereocenters. The number of fused-ring (bicyclic) bond motifs is 4. The van der Waals surface area contributed by atoms with Gasteiger partial charge in [0, 0.05) is 33.4 Å². The molecule has 10 nitrogen and oxygen atoms in total. The van der Waals surface area contributed by atoms with Gasteiger partial charge in [0.15, 0.2) is 0 Å². The lowest BCUT2D eigenvalue weighted by Gasteiger charge is -2.29. The number of nitrogens with one attached hydrogen (secondary N) is 3. The van der Waals surface area contributed by atoms with E-state index in [9.17, 15) is 4.79 Å². The van der Waals surface area contributed by atoms with E-state index in [1.807, 2.05) is 32.9 Å². The lowest BCUT2D eigenvalue weighted by Crippen LogP contribution is -2.48. The minimum Gasteiger partial charge on any atom is -0.496 e. The molecule has 1 aliphatic carbocycles. The summed E-state index contributed by atoms with van der Waals surface area (Å²) in [6.07, 6.45) is 3.35. The van der Waals surface area contributed by atoms with Gasteiger partial charge in [-0.15, -0.1) is 0 Å². The second-order valence-electron chi connectivity index (χ2n) is 11.9. The fraction of sp³-hybridized carbons (Fsp3) is 0.353. The third kappa shape index (κ3) is 4.89. The van der Waals surface area contributed by atoms with Crippen LogP contribution < -0.4 is 25.8 Å². The van der Waals surface area contributed by atoms with Crippen LogP contribution in [0.25, 0.3) is 44.3 Å². The molecule has 5 aromatic rings. The lowest BCUT2D eigenvalue weighted by molar-refractivity contribution is 0.216. The van der Waals surface area contributed by atoms with Crippen LogP contribution in [0.15, 0.2) is 40.9 Å². The molecule has 226 valence electrons. The molecule has 3 aromatic heterocycles. The quantitative estimate of drug-likeness (QED) is 0.280. The second-order valence-corrected chi connectivity index (χ2v) is 11.9. The van der Waals surface area contributed by atoms with E-state index in [4.69, 9.17) is 19.2 Å². The first-order valence-electron chi connectivity index (χ1n) is 15.2. The first-order valence-corrected chi connectivity index (χ1v) is 15.2. The molecule has 0 spiro atoms. The molecule has 0 saturated carbocycles. The third-order valence-corrected chi connectivity index (χ3v) is 8.99. The van der Waals surface area contributed by atoms with Gasteiger partial charge in [0.05, 0.1) is 29.4 Å². The van der Waals surface area contributed by atoms with Crippen molar-refractivity contribution in [2.45, 2.75) is 52.5 Å². The number of ether oxygens (including phenoxy) is 1. The number of amides is 2. The number of carbonyl (C=O) groups is 1. The number of nitrogens with zero attached hydrogens (tertiary/aromatic N) is 4. The summed E-state index contributed by atoms with van der Waals surface area (Å²) in [6, 6.07) is 12.5. The van der Waals surface area contributed by atoms with Crippen molar-refractivity contribution in [3.8, 4) is 16.9 Å². The zero-order chi connectivity index (χ0) is 30.5. The summed E-state index contributed by atoms with van der Waals surface area (Å²) in [4.78, 5) is 28.7. The summed E-state index contributed by atoms with van der Waals surface area (Å²) in [5.41, 5.74) is 7.31. The summed E-state index contributed by atoms with van der Waals surface area (Å²) < 4.78 is 11.4. The van der Waals surface area contributed by atoms with Crippen LogP contribution in [0.3, 0.4) is 0 Å². The summed E-state index contributed by atoms with van der Waals surface area (Å²) in [7, 11) is 3.80. The minimum absolute atomic E-state index is 0.133. The molecule has 3 N–H and O–H groups in total. The number of carbonyl (C=O) groups excluding carboxylic acids is 1. The van der Waals surface area contributed by atoms with Gasteiger partial charge in [-0.1, -0.05) is 29.4 Å². The van der Waals surface area contributed by atoms with E-state index in [-0.39, 0.29) is 12.1 Å². The van der Waals surface area contributed by atoms with E-state index in [2.05, 4.69) is 57.0 Å². The van der Waals surface area contributed by atoms with Gasteiger partial charge in [-0.2, -0.15) is 0 Å². The van der Waals surface area contributed by atoms with Crippen molar-refractivity contribution in [3.63, 3.8) is 0 Å². The topological polar surface area (TPSA) is 121 Å². The Bertz CT molecular complexity index is 2030. The van der Waals surface area contributed by atoms with Crippen molar-refractivity contribution in [1.29, 1.82) is 0 Å². The predicted octanol–water partition coefficient (Wildman–Crippen LogP) is 4.19. The fourth-order valence-electron chi connectivity index (χ4n) is 6.80. The van der Waals surface area contributed by atoms with E-state index in [1.54, 1.807) is 7.11 Å². The highest BCUT2D eigenvalue weighted by Crippen LogP contribution is 2.41. The number of hydrogen-bond acceptors (Lipinski definition) is 7. The highest BCUT2D eigenvalue weighted by Gasteiger charge is 2.24. The van der Waals surface area contributed by atoms with Gasteiger partial charge in [-0.05, 0) is 89.5 Å². The Labute approximate surface area is 255 Å². The van der Waals surface area contributed by atoms with Crippen LogP contribution in [0.1, 0.15) is 48.7 Å². The number of H-pyrrole nitrogens is 1. The van der Waals surface area contributed by atoms with Crippen LogP contribution in [0.2, 0.25) is 0 Å². The van der Waals surface area contributed by atoms with Gasteiger partial charge in [-0.25, -0.2) is 14.8 Å². The molecular formula is C34H37N7O3. The Hall–Kier alpha value is -4.70. The molecule has 2 aliphatic rings. The van der Waals surface area contributed by atoms with Crippen molar-refractivity contribution < 1.29 is 14.1 Å². The number of urea groups is 1. The van der Waals surface area contributed by atoms with Gasteiger partial charge < -0.3 is 29.8 Å². The van der Waals surface area contributed by atoms with Crippen molar-refractivity contribution in [2.75, 3.05) is 27.2 Å². The Kier molecular flexibility index (Phi) is 7.08. The number of hydrogen-bond donors (Lipinski definition) is 3.